The van der Waals surface area contributed by atoms with E-state index in [0.717, 1.165) is 19.6 Å². The van der Waals surface area contributed by atoms with Crippen LogP contribution in [0.2, 0.25) is 0 Å². The molecule has 18 heavy (non-hydrogen) atoms. The molecule has 0 atom stereocenters. The Kier molecular flexibility index (Phi) is 4.72. The van der Waals surface area contributed by atoms with Crippen molar-refractivity contribution in [2.45, 2.75) is 29.7 Å². The van der Waals surface area contributed by atoms with Crippen LogP contribution in [-0.2, 0) is 16.9 Å². The lowest BCUT2D eigenvalue weighted by Crippen LogP contribution is -2.26. The molecule has 1 saturated heterocycles. The summed E-state index contributed by atoms with van der Waals surface area (Å²) in [5, 5.41) is 7.98. The highest BCUT2D eigenvalue weighted by Gasteiger charge is 2.32. The molecule has 0 saturated carbocycles. The van der Waals surface area contributed by atoms with E-state index in [0.29, 0.717) is 17.9 Å². The number of aromatic nitrogens is 3. The first kappa shape index (κ1) is 14.3. The van der Waals surface area contributed by atoms with Crippen LogP contribution in [0.1, 0.15) is 24.2 Å². The Morgan fingerprint density at radius 2 is 1.83 bits per heavy atom. The van der Waals surface area contributed by atoms with Crippen LogP contribution in [0, 0.1) is 0 Å². The van der Waals surface area contributed by atoms with Crippen molar-refractivity contribution in [1.29, 1.82) is 0 Å². The monoisotopic (exact) mass is 311 g/mol. The normalized spacial score (nSPS) is 17.6. The molecule has 0 unspecified atom stereocenters. The second-order valence-electron chi connectivity index (χ2n) is 4.36. The number of rotatable bonds is 4. The summed E-state index contributed by atoms with van der Waals surface area (Å²) in [7, 11) is 0. The Labute approximate surface area is 121 Å². The maximum Gasteiger partial charge on any atom is 0.234 e. The molecule has 0 radical (unpaired) electrons. The molecule has 2 heterocycles. The van der Waals surface area contributed by atoms with Crippen molar-refractivity contribution in [1.82, 2.24) is 19.9 Å². The molecule has 1 aliphatic rings. The quantitative estimate of drug-likeness (QED) is 0.859. The summed E-state index contributed by atoms with van der Waals surface area (Å²) in [4.78, 5) is 2.37. The van der Waals surface area contributed by atoms with E-state index in [-0.39, 0.29) is 6.54 Å². The maximum atomic E-state index is 5.95. The molecule has 0 spiro atoms. The Bertz CT molecular complexity index is 395. The van der Waals surface area contributed by atoms with Gasteiger partial charge in [-0.05, 0) is 25.9 Å². The summed E-state index contributed by atoms with van der Waals surface area (Å²) < 4.78 is 0.108. The maximum absolute atomic E-state index is 5.95. The van der Waals surface area contributed by atoms with Gasteiger partial charge in [-0.25, -0.2) is 4.68 Å². The lowest BCUT2D eigenvalue weighted by Gasteiger charge is -2.18. The van der Waals surface area contributed by atoms with Crippen LogP contribution in [-0.4, -0.2) is 39.5 Å². The van der Waals surface area contributed by atoms with Crippen LogP contribution >= 0.6 is 34.8 Å². The molecule has 5 nitrogen and oxygen atoms in total. The van der Waals surface area contributed by atoms with Gasteiger partial charge < -0.3 is 10.6 Å². The SMILES string of the molecule is NCc1nnn(CCN2CCCC2)c1C(Cl)(Cl)Cl. The Hall–Kier alpha value is -0.0700. The van der Waals surface area contributed by atoms with Gasteiger partial charge in [0.25, 0.3) is 0 Å². The molecule has 1 fully saturated rings. The minimum Gasteiger partial charge on any atom is -0.325 e. The third-order valence-electron chi connectivity index (χ3n) is 3.09. The van der Waals surface area contributed by atoms with E-state index < -0.39 is 3.79 Å². The fourth-order valence-corrected chi connectivity index (χ4v) is 2.82. The van der Waals surface area contributed by atoms with Gasteiger partial charge in [-0.15, -0.1) is 5.10 Å². The molecule has 1 aromatic rings. The zero-order chi connectivity index (χ0) is 13.2. The second-order valence-corrected chi connectivity index (χ2v) is 6.64. The van der Waals surface area contributed by atoms with Crippen molar-refractivity contribution in [2.75, 3.05) is 19.6 Å². The van der Waals surface area contributed by atoms with Gasteiger partial charge in [0, 0.05) is 13.1 Å². The van der Waals surface area contributed by atoms with Gasteiger partial charge in [-0.2, -0.15) is 0 Å². The second kappa shape index (κ2) is 5.92. The van der Waals surface area contributed by atoms with E-state index in [1.54, 1.807) is 4.68 Å². The highest BCUT2D eigenvalue weighted by Crippen LogP contribution is 2.39. The van der Waals surface area contributed by atoms with Crippen LogP contribution in [0.4, 0.5) is 0 Å². The molecule has 1 aliphatic heterocycles. The first-order valence-corrected chi connectivity index (χ1v) is 7.07. The van der Waals surface area contributed by atoms with Gasteiger partial charge >= 0.3 is 0 Å². The van der Waals surface area contributed by atoms with Crippen molar-refractivity contribution in [2.24, 2.45) is 5.73 Å². The number of nitrogens with two attached hydrogens (primary N) is 1. The van der Waals surface area contributed by atoms with Crippen molar-refractivity contribution in [3.63, 3.8) is 0 Å². The topological polar surface area (TPSA) is 60.0 Å². The van der Waals surface area contributed by atoms with Gasteiger partial charge in [-0.3, -0.25) is 0 Å². The molecule has 0 aromatic carbocycles. The van der Waals surface area contributed by atoms with Gasteiger partial charge in [-0.1, -0.05) is 40.0 Å². The van der Waals surface area contributed by atoms with E-state index >= 15 is 0 Å². The lowest BCUT2D eigenvalue weighted by molar-refractivity contribution is 0.312. The van der Waals surface area contributed by atoms with Crippen LogP contribution in [0.5, 0.6) is 0 Å². The van der Waals surface area contributed by atoms with Crippen molar-refractivity contribution >= 4 is 34.8 Å². The van der Waals surface area contributed by atoms with Gasteiger partial charge in [0.1, 0.15) is 11.4 Å². The van der Waals surface area contributed by atoms with Crippen LogP contribution in [0.25, 0.3) is 0 Å². The smallest absolute Gasteiger partial charge is 0.234 e. The highest BCUT2D eigenvalue weighted by atomic mass is 35.6. The largest absolute Gasteiger partial charge is 0.325 e. The Morgan fingerprint density at radius 1 is 1.17 bits per heavy atom. The highest BCUT2D eigenvalue weighted by molar-refractivity contribution is 6.66. The summed E-state index contributed by atoms with van der Waals surface area (Å²) in [5.74, 6) is 0. The van der Waals surface area contributed by atoms with E-state index in [9.17, 15) is 0 Å². The van der Waals surface area contributed by atoms with Gasteiger partial charge in [0.2, 0.25) is 3.79 Å². The fourth-order valence-electron chi connectivity index (χ4n) is 2.20. The summed E-state index contributed by atoms with van der Waals surface area (Å²) in [6.45, 7) is 4.02. The van der Waals surface area contributed by atoms with Crippen LogP contribution in [0.3, 0.4) is 0 Å². The molecular weight excluding hydrogens is 297 g/mol. The van der Waals surface area contributed by atoms with Crippen LogP contribution in [0.15, 0.2) is 0 Å². The molecule has 2 N–H and O–H groups in total. The number of likely N-dealkylation sites (tertiary alicyclic amines) is 1. The minimum atomic E-state index is -1.54. The molecule has 8 heteroatoms. The van der Waals surface area contributed by atoms with Crippen molar-refractivity contribution in [3.05, 3.63) is 11.4 Å². The zero-order valence-corrected chi connectivity index (χ0v) is 12.2. The first-order chi connectivity index (χ1) is 8.52. The predicted octanol–water partition coefficient (Wildman–Crippen LogP) is 1.66. The van der Waals surface area contributed by atoms with E-state index in [1.807, 2.05) is 0 Å². The first-order valence-electron chi connectivity index (χ1n) is 5.94. The number of hydrogen-bond acceptors (Lipinski definition) is 4. The molecule has 0 aliphatic carbocycles. The Balaban J connectivity index is 2.09. The average molecular weight is 313 g/mol. The number of halogens is 3. The third kappa shape index (κ3) is 3.27. The number of alkyl halides is 3. The lowest BCUT2D eigenvalue weighted by atomic mass is 10.3. The van der Waals surface area contributed by atoms with E-state index in [4.69, 9.17) is 40.5 Å². The van der Waals surface area contributed by atoms with E-state index in [1.165, 1.54) is 12.8 Å². The van der Waals surface area contributed by atoms with Gasteiger partial charge in [0.15, 0.2) is 0 Å². The molecule has 2 rings (SSSR count). The number of hydrogen-bond donors (Lipinski definition) is 1. The molecule has 1 aromatic heterocycles. The molecule has 0 amide bonds. The molecular formula is C10H16Cl3N5. The average Bonchev–Trinajstić information content (AvgIpc) is 2.94. The third-order valence-corrected chi connectivity index (χ3v) is 3.63. The number of nitrogens with zero attached hydrogens (tertiary/aromatic N) is 4. The standard InChI is InChI=1S/C10H16Cl3N5/c11-10(12,13)9-8(7-14)15-16-18(9)6-5-17-3-1-2-4-17/h1-7,14H2. The molecule has 0 bridgehead atoms. The van der Waals surface area contributed by atoms with Crippen molar-refractivity contribution < 1.29 is 0 Å². The van der Waals surface area contributed by atoms with E-state index in [2.05, 4.69) is 15.2 Å². The summed E-state index contributed by atoms with van der Waals surface area (Å²) in [6, 6.07) is 0. The van der Waals surface area contributed by atoms with Crippen LogP contribution < -0.4 is 5.73 Å². The van der Waals surface area contributed by atoms with Gasteiger partial charge in [0.05, 0.1) is 6.54 Å². The van der Waals surface area contributed by atoms with Crippen molar-refractivity contribution in [3.8, 4) is 0 Å². The Morgan fingerprint density at radius 3 is 2.39 bits per heavy atom. The molecule has 102 valence electrons. The minimum absolute atomic E-state index is 0.215. The summed E-state index contributed by atoms with van der Waals surface area (Å²) >= 11 is 17.8. The predicted molar refractivity (Wildman–Crippen MR) is 72.8 cm³/mol. The zero-order valence-electron chi connectivity index (χ0n) is 9.95. The summed E-state index contributed by atoms with van der Waals surface area (Å²) in [5.41, 5.74) is 6.60. The fraction of sp³-hybridized carbons (Fsp3) is 0.800. The summed E-state index contributed by atoms with van der Waals surface area (Å²) in [6.07, 6.45) is 2.51.